The molecule has 5 heteroatoms. The zero-order valence-electron chi connectivity index (χ0n) is 9.06. The Kier molecular flexibility index (Phi) is 4.32. The van der Waals surface area contributed by atoms with Crippen molar-refractivity contribution in [3.8, 4) is 11.5 Å². The molecule has 16 heavy (non-hydrogen) atoms. The summed E-state index contributed by atoms with van der Waals surface area (Å²) < 4.78 is 14.6. The number of rotatable bonds is 5. The van der Waals surface area contributed by atoms with Crippen LogP contribution in [-0.4, -0.2) is 33.1 Å². The molecule has 1 aromatic rings. The number of esters is 1. The van der Waals surface area contributed by atoms with E-state index in [0.717, 1.165) is 0 Å². The summed E-state index contributed by atoms with van der Waals surface area (Å²) in [5, 5.41) is 0. The van der Waals surface area contributed by atoms with Crippen LogP contribution in [0.25, 0.3) is 0 Å². The van der Waals surface area contributed by atoms with E-state index in [2.05, 4.69) is 4.74 Å². The highest BCUT2D eigenvalue weighted by atomic mass is 16.6. The van der Waals surface area contributed by atoms with E-state index in [1.807, 2.05) is 0 Å². The Morgan fingerprint density at radius 3 is 2.62 bits per heavy atom. The first-order chi connectivity index (χ1) is 7.71. The summed E-state index contributed by atoms with van der Waals surface area (Å²) in [6, 6.07) is 4.68. The third-order valence-corrected chi connectivity index (χ3v) is 1.90. The molecule has 0 aliphatic heterocycles. The lowest BCUT2D eigenvalue weighted by Gasteiger charge is -2.09. The van der Waals surface area contributed by atoms with Gasteiger partial charge in [0.1, 0.15) is 6.29 Å². The van der Waals surface area contributed by atoms with Crippen LogP contribution >= 0.6 is 0 Å². The van der Waals surface area contributed by atoms with E-state index in [9.17, 15) is 9.59 Å². The number of hydrogen-bond donors (Lipinski definition) is 0. The summed E-state index contributed by atoms with van der Waals surface area (Å²) in [6.07, 6.45) is 0.685. The zero-order chi connectivity index (χ0) is 12.0. The molecule has 0 bridgehead atoms. The minimum Gasteiger partial charge on any atom is -0.493 e. The molecule has 0 saturated heterocycles. The van der Waals surface area contributed by atoms with Crippen LogP contribution in [0.1, 0.15) is 10.4 Å². The van der Waals surface area contributed by atoms with Gasteiger partial charge in [-0.2, -0.15) is 0 Å². The minimum absolute atomic E-state index is 0.227. The van der Waals surface area contributed by atoms with Gasteiger partial charge in [-0.05, 0) is 18.2 Å². The molecule has 0 amide bonds. The summed E-state index contributed by atoms with van der Waals surface area (Å²) in [5.74, 6) is 0.283. The lowest BCUT2D eigenvalue weighted by molar-refractivity contribution is -0.142. The molecule has 86 valence electrons. The third kappa shape index (κ3) is 2.98. The van der Waals surface area contributed by atoms with Gasteiger partial charge in [-0.3, -0.25) is 4.79 Å². The van der Waals surface area contributed by atoms with Crippen molar-refractivity contribution in [3.63, 3.8) is 0 Å². The molecule has 0 heterocycles. The fraction of sp³-hybridized carbons (Fsp3) is 0.273. The first-order valence-electron chi connectivity index (χ1n) is 4.54. The van der Waals surface area contributed by atoms with E-state index in [0.29, 0.717) is 23.3 Å². The number of benzene rings is 1. The van der Waals surface area contributed by atoms with Crippen molar-refractivity contribution < 1.29 is 23.8 Å². The van der Waals surface area contributed by atoms with E-state index < -0.39 is 5.97 Å². The normalized spacial score (nSPS) is 9.38. The number of carbonyl (C=O) groups excluding carboxylic acids is 2. The Hall–Kier alpha value is -2.04. The van der Waals surface area contributed by atoms with Gasteiger partial charge < -0.3 is 14.2 Å². The highest BCUT2D eigenvalue weighted by Crippen LogP contribution is 2.27. The van der Waals surface area contributed by atoms with Crippen molar-refractivity contribution in [1.82, 2.24) is 0 Å². The van der Waals surface area contributed by atoms with Crippen molar-refractivity contribution in [3.05, 3.63) is 23.8 Å². The molecule has 0 fully saturated rings. The summed E-state index contributed by atoms with van der Waals surface area (Å²) in [4.78, 5) is 21.4. The lowest BCUT2D eigenvalue weighted by Crippen LogP contribution is -2.13. The molecule has 0 aliphatic rings. The van der Waals surface area contributed by atoms with Crippen LogP contribution in [0.5, 0.6) is 11.5 Å². The maximum atomic E-state index is 10.9. The molecule has 1 aromatic carbocycles. The van der Waals surface area contributed by atoms with E-state index in [-0.39, 0.29) is 6.61 Å². The Morgan fingerprint density at radius 1 is 1.31 bits per heavy atom. The fourth-order valence-corrected chi connectivity index (χ4v) is 1.07. The zero-order valence-corrected chi connectivity index (χ0v) is 9.06. The van der Waals surface area contributed by atoms with Gasteiger partial charge in [-0.15, -0.1) is 0 Å². The van der Waals surface area contributed by atoms with Gasteiger partial charge in [0.2, 0.25) is 0 Å². The number of carbonyl (C=O) groups is 2. The average molecular weight is 224 g/mol. The van der Waals surface area contributed by atoms with Gasteiger partial charge in [0.05, 0.1) is 14.2 Å². The number of methoxy groups -OCH3 is 2. The van der Waals surface area contributed by atoms with Crippen LogP contribution in [-0.2, 0) is 9.53 Å². The topological polar surface area (TPSA) is 61.8 Å². The van der Waals surface area contributed by atoms with E-state index in [1.165, 1.54) is 20.3 Å². The van der Waals surface area contributed by atoms with Gasteiger partial charge in [0.15, 0.2) is 18.1 Å². The molecular formula is C11H12O5. The highest BCUT2D eigenvalue weighted by Gasteiger charge is 2.08. The molecule has 5 nitrogen and oxygen atoms in total. The average Bonchev–Trinajstić information content (AvgIpc) is 2.35. The summed E-state index contributed by atoms with van der Waals surface area (Å²) in [6.45, 7) is -0.227. The third-order valence-electron chi connectivity index (χ3n) is 1.90. The molecule has 0 saturated carbocycles. The van der Waals surface area contributed by atoms with Gasteiger partial charge >= 0.3 is 5.97 Å². The van der Waals surface area contributed by atoms with Crippen LogP contribution in [0.2, 0.25) is 0 Å². The van der Waals surface area contributed by atoms with E-state index in [4.69, 9.17) is 9.47 Å². The Morgan fingerprint density at radius 2 is 2.06 bits per heavy atom. The number of hydrogen-bond acceptors (Lipinski definition) is 5. The molecule has 1 rings (SSSR count). The summed E-state index contributed by atoms with van der Waals surface area (Å²) in [7, 11) is 2.74. The second-order valence-corrected chi connectivity index (χ2v) is 2.89. The Labute approximate surface area is 92.9 Å². The van der Waals surface area contributed by atoms with E-state index in [1.54, 1.807) is 12.1 Å². The first-order valence-corrected chi connectivity index (χ1v) is 4.54. The summed E-state index contributed by atoms with van der Waals surface area (Å²) >= 11 is 0. The van der Waals surface area contributed by atoms with Gasteiger partial charge in [-0.1, -0.05) is 0 Å². The quantitative estimate of drug-likeness (QED) is 0.552. The number of aldehydes is 1. The number of ether oxygens (including phenoxy) is 3. The Balaban J connectivity index is 2.82. The molecule has 0 radical (unpaired) electrons. The van der Waals surface area contributed by atoms with Crippen molar-refractivity contribution in [2.24, 2.45) is 0 Å². The molecular weight excluding hydrogens is 212 g/mol. The highest BCUT2D eigenvalue weighted by molar-refractivity contribution is 5.76. The predicted octanol–water partition coefficient (Wildman–Crippen LogP) is 1.06. The second kappa shape index (κ2) is 5.75. The molecule has 0 spiro atoms. The van der Waals surface area contributed by atoms with E-state index >= 15 is 0 Å². The standard InChI is InChI=1S/C11H12O5/c1-14-9-4-3-8(6-12)5-10(9)16-7-11(13)15-2/h3-6H,7H2,1-2H3. The second-order valence-electron chi connectivity index (χ2n) is 2.89. The van der Waals surface area contributed by atoms with Gasteiger partial charge in [0, 0.05) is 5.56 Å². The van der Waals surface area contributed by atoms with Crippen molar-refractivity contribution >= 4 is 12.3 Å². The van der Waals surface area contributed by atoms with Gasteiger partial charge in [-0.25, -0.2) is 4.79 Å². The molecule has 0 aromatic heterocycles. The van der Waals surface area contributed by atoms with Crippen LogP contribution in [0.3, 0.4) is 0 Å². The van der Waals surface area contributed by atoms with Crippen molar-refractivity contribution in [2.45, 2.75) is 0 Å². The van der Waals surface area contributed by atoms with Crippen LogP contribution in [0, 0.1) is 0 Å². The molecule has 0 atom stereocenters. The predicted molar refractivity (Wildman–Crippen MR) is 55.9 cm³/mol. The lowest BCUT2D eigenvalue weighted by atomic mass is 10.2. The van der Waals surface area contributed by atoms with Crippen molar-refractivity contribution in [2.75, 3.05) is 20.8 Å². The van der Waals surface area contributed by atoms with Crippen LogP contribution < -0.4 is 9.47 Å². The van der Waals surface area contributed by atoms with Crippen molar-refractivity contribution in [1.29, 1.82) is 0 Å². The molecule has 0 N–H and O–H groups in total. The fourth-order valence-electron chi connectivity index (χ4n) is 1.07. The van der Waals surface area contributed by atoms with Crippen LogP contribution in [0.15, 0.2) is 18.2 Å². The maximum absolute atomic E-state index is 10.9. The monoisotopic (exact) mass is 224 g/mol. The maximum Gasteiger partial charge on any atom is 0.343 e. The Bertz CT molecular complexity index is 386. The summed E-state index contributed by atoms with van der Waals surface area (Å²) in [5.41, 5.74) is 0.445. The molecule has 0 aliphatic carbocycles. The smallest absolute Gasteiger partial charge is 0.343 e. The van der Waals surface area contributed by atoms with Gasteiger partial charge in [0.25, 0.3) is 0 Å². The van der Waals surface area contributed by atoms with Crippen LogP contribution in [0.4, 0.5) is 0 Å². The molecule has 0 unspecified atom stereocenters. The largest absolute Gasteiger partial charge is 0.493 e. The SMILES string of the molecule is COC(=O)COc1cc(C=O)ccc1OC. The first kappa shape index (κ1) is 12.0. The minimum atomic E-state index is -0.501.